The molecule has 0 radical (unpaired) electrons. The Morgan fingerprint density at radius 2 is 0.753 bits per heavy atom. The lowest BCUT2D eigenvalue weighted by Crippen LogP contribution is -2.57. The molecule has 0 saturated heterocycles. The molecule has 0 unspecified atom stereocenters. The smallest absolute Gasteiger partial charge is 0.246 e. The molecule has 0 aliphatic heterocycles. The molecule has 0 aliphatic rings. The summed E-state index contributed by atoms with van der Waals surface area (Å²) in [5.41, 5.74) is 10.4. The van der Waals surface area contributed by atoms with Crippen LogP contribution in [-0.2, 0) is 81.0 Å². The van der Waals surface area contributed by atoms with Gasteiger partial charge in [0.1, 0.15) is 26.4 Å². The summed E-state index contributed by atoms with van der Waals surface area (Å²) in [5, 5.41) is 53.3. The molecule has 0 rings (SSSR count). The number of nitrogens with zero attached hydrogens (tertiary/aromatic N) is 2. The molecule has 0 aromatic rings. The molecular formula is C56H128N14O19. The summed E-state index contributed by atoms with van der Waals surface area (Å²) in [5.74, 6) is -3.19. The van der Waals surface area contributed by atoms with Crippen molar-refractivity contribution in [3.05, 3.63) is 0 Å². The number of carbonyl (C=O) groups excluding carboxylic acids is 9. The van der Waals surface area contributed by atoms with Crippen LogP contribution in [0.2, 0.25) is 0 Å². The van der Waals surface area contributed by atoms with Crippen LogP contribution in [0.15, 0.2) is 10.3 Å². The number of rotatable bonds is 59. The molecular weight excluding hydrogens is 1170 g/mol. The van der Waals surface area contributed by atoms with Crippen molar-refractivity contribution < 1.29 is 123 Å². The number of amides is 9. The van der Waals surface area contributed by atoms with E-state index in [0.29, 0.717) is 69.6 Å². The van der Waals surface area contributed by atoms with Crippen LogP contribution >= 0.6 is 0 Å². The van der Waals surface area contributed by atoms with E-state index in [4.69, 9.17) is 79.1 Å². The first-order valence-electron chi connectivity index (χ1n) is 40.2. The maximum atomic E-state index is 12.9. The van der Waals surface area contributed by atoms with Gasteiger partial charge in [-0.05, 0) is 73.6 Å². The van der Waals surface area contributed by atoms with Crippen LogP contribution < -0.4 is 64.6 Å². The fourth-order valence-corrected chi connectivity index (χ4v) is 7.29. The van der Waals surface area contributed by atoms with E-state index in [2.05, 4.69) is 63.5 Å². The highest BCUT2D eigenvalue weighted by atomic mass is 16.5. The van der Waals surface area contributed by atoms with Crippen molar-refractivity contribution in [1.82, 2.24) is 53.2 Å². The van der Waals surface area contributed by atoms with Gasteiger partial charge in [0, 0.05) is 115 Å². The van der Waals surface area contributed by atoms with Gasteiger partial charge in [-0.15, -0.1) is 0 Å². The first kappa shape index (κ1) is 65.7. The molecule has 0 aliphatic carbocycles. The second-order valence-electron chi connectivity index (χ2n) is 21.3. The van der Waals surface area contributed by atoms with Gasteiger partial charge in [-0.25, -0.2) is 0 Å². The summed E-state index contributed by atoms with van der Waals surface area (Å²) in [6, 6.07) is -0.390. The molecule has 0 bridgehead atoms. The minimum Gasteiger partial charge on any atom is -0.411 e. The Balaban J connectivity index is -0.000000420. The zero-order valence-electron chi connectivity index (χ0n) is 73.3. The number of hydrogen-bond acceptors (Lipinski definition) is 24. The van der Waals surface area contributed by atoms with Crippen molar-refractivity contribution >= 4 is 64.6 Å². The van der Waals surface area contributed by atoms with Crippen molar-refractivity contribution in [2.45, 2.75) is 123 Å². The number of hydrogen-bond donors (Lipinski definition) is 14. The summed E-state index contributed by atoms with van der Waals surface area (Å²) in [7, 11) is 0. The van der Waals surface area contributed by atoms with Gasteiger partial charge in [-0.3, -0.25) is 43.2 Å². The summed E-state index contributed by atoms with van der Waals surface area (Å²) in [4.78, 5) is 109. The molecule has 33 nitrogen and oxygen atoms in total. The highest BCUT2D eigenvalue weighted by Crippen LogP contribution is 2.12. The van der Waals surface area contributed by atoms with E-state index in [0.717, 1.165) is 0 Å². The summed E-state index contributed by atoms with van der Waals surface area (Å²) >= 11 is 0. The predicted molar refractivity (Wildman–Crippen MR) is 350 cm³/mol. The van der Waals surface area contributed by atoms with Crippen LogP contribution in [-0.4, -0.2) is 257 Å². The maximum Gasteiger partial charge on any atom is 0.246 e. The fraction of sp³-hybridized carbons (Fsp3) is 0.804. The lowest BCUT2D eigenvalue weighted by Gasteiger charge is -2.32. The SMILES string of the molecule is C/C(=N\O)C(C)(C)NCC(CNC(C)(C)/C(C)=N/O)NC(=O)CCCC(=O)NCCCC[C@H](CCNC(=O)COCCOCCNC(=O)COCCOCCNC(=O)CCCC(=O)NCCOCCOCC(=O)NCCOCCOCC(=O)NCN)C(N)=O.[2HH].[2H][2H].[2H][2H].[2H][2H].[2H][2H].[2H][2H].[2H][2H].[2H][2H].[2H][2H].[2H][2H].[2H][2H]. The first-order valence-corrected chi connectivity index (χ1v) is 30.2. The van der Waals surface area contributed by atoms with E-state index in [1.807, 2.05) is 27.7 Å². The van der Waals surface area contributed by atoms with Crippen LogP contribution in [0.3, 0.4) is 0 Å². The van der Waals surface area contributed by atoms with Crippen molar-refractivity contribution in [3.8, 4) is 0 Å². The molecule has 89 heavy (non-hydrogen) atoms. The Morgan fingerprint density at radius 1 is 0.427 bits per heavy atom. The highest BCUT2D eigenvalue weighted by Gasteiger charge is 2.27. The predicted octanol–water partition coefficient (Wildman–Crippen LogP) is -0.521. The third-order valence-electron chi connectivity index (χ3n) is 13.2. The van der Waals surface area contributed by atoms with Crippen molar-refractivity contribution in [3.63, 3.8) is 0 Å². The van der Waals surface area contributed by atoms with Gasteiger partial charge in [0.05, 0.1) is 114 Å². The molecule has 33 heteroatoms. The zero-order chi connectivity index (χ0) is 86.4. The Hall–Kier alpha value is -6.27. The lowest BCUT2D eigenvalue weighted by atomic mass is 9.97. The second kappa shape index (κ2) is 53.6. The minimum absolute atomic E-state index is 0. The Bertz CT molecular complexity index is 2120. The molecule has 0 fully saturated rings. The minimum atomic E-state index is -0.652. The van der Waals surface area contributed by atoms with Crippen LogP contribution in [0.4, 0.5) is 0 Å². The van der Waals surface area contributed by atoms with Gasteiger partial charge in [-0.1, -0.05) is 16.7 Å². The number of carbonyl (C=O) groups is 9. The average molecular weight is 1320 g/mol. The zero-order valence-corrected chi connectivity index (χ0v) is 53.3. The number of nitrogens with one attached hydrogen (secondary N) is 10. The molecule has 1 atom stereocenters. The largest absolute Gasteiger partial charge is 0.411 e. The molecule has 0 spiro atoms. The van der Waals surface area contributed by atoms with Gasteiger partial charge in [-0.2, -0.15) is 0 Å². The quantitative estimate of drug-likeness (QED) is 0.0120. The molecule has 536 valence electrons. The summed E-state index contributed by atoms with van der Waals surface area (Å²) in [6.07, 6.45) is 3.30. The van der Waals surface area contributed by atoms with E-state index >= 15 is 0 Å². The monoisotopic (exact) mass is 1320 g/mol. The number of nitrogens with two attached hydrogens (primary N) is 2. The highest BCUT2D eigenvalue weighted by molar-refractivity contribution is 5.90. The number of primary amides is 1. The first-order chi connectivity index (χ1) is 52.6. The van der Waals surface area contributed by atoms with Gasteiger partial charge in [0.2, 0.25) is 53.2 Å². The standard InChI is InChI=1S/C56H106N14O19.11H2/c1-42(69-80)55(3,4)66-35-45(36-67-56(5,6)43(2)70-81)68-49(74)15-10-14-46(71)59-17-8-7-11-44(54(58)79)16-18-60-50(75)37-86-31-29-84-25-21-63-51(76)38-87-32-27-82-23-19-61-47(72)12-9-13-48(73)62-20-24-83-28-33-88-39-52(77)64-22-26-85-30-34-89-40-53(78)65-41-57;;;;;;;;;;;/h44-45,66-67,80-81H,7-41,57H2,1-6H3,(H2,58,79)(H,59,71)(H,60,75)(H,61,72)(H,62,73)(H,63,76)(H,64,77)(H,65,78)(H,68,74);11*1H/b69-42+,70-43+;;;;;;;;;;;/t44-;;;;;;;;;;;/m1.........../s1/i;10*1+1D;1+1. The third-order valence-corrected chi connectivity index (χ3v) is 13.2. The van der Waals surface area contributed by atoms with Crippen LogP contribution in [0.5, 0.6) is 0 Å². The number of oxime groups is 2. The Labute approximate surface area is 555 Å². The molecule has 0 heterocycles. The van der Waals surface area contributed by atoms with Gasteiger partial charge in [0.15, 0.2) is 0 Å². The maximum absolute atomic E-state index is 12.9. The average Bonchev–Trinajstić information content (AvgIpc) is 0.869. The van der Waals surface area contributed by atoms with E-state index in [1.54, 1.807) is 13.8 Å². The van der Waals surface area contributed by atoms with Crippen molar-refractivity contribution in [1.29, 1.82) is 0 Å². The molecule has 0 aromatic heterocycles. The van der Waals surface area contributed by atoms with Crippen molar-refractivity contribution in [2.24, 2.45) is 27.7 Å². The van der Waals surface area contributed by atoms with Crippen LogP contribution in [0.1, 0.15) is 137 Å². The topological polar surface area (TPSA) is 465 Å². The van der Waals surface area contributed by atoms with Crippen LogP contribution in [0.25, 0.3) is 0 Å². The molecule has 0 aromatic carbocycles. The lowest BCUT2D eigenvalue weighted by molar-refractivity contribution is -0.127. The molecule has 0 saturated carbocycles. The van der Waals surface area contributed by atoms with Crippen molar-refractivity contribution in [2.75, 3.05) is 165 Å². The van der Waals surface area contributed by atoms with E-state index in [1.165, 1.54) is 0 Å². The molecule has 16 N–H and O–H groups in total. The summed E-state index contributed by atoms with van der Waals surface area (Å²) in [6.45, 7) is 15.0. The van der Waals surface area contributed by atoms with E-state index in [9.17, 15) is 53.6 Å². The van der Waals surface area contributed by atoms with Crippen LogP contribution in [0, 0.1) is 5.92 Å². The van der Waals surface area contributed by atoms with E-state index in [-0.39, 0.29) is 226 Å². The number of unbranched alkanes of at least 4 members (excludes halogenated alkanes) is 1. The van der Waals surface area contributed by atoms with Gasteiger partial charge < -0.3 is 113 Å². The summed E-state index contributed by atoms with van der Waals surface area (Å²) < 4.78 is 143. The second-order valence-corrected chi connectivity index (χ2v) is 21.3. The Kier molecular flexibility index (Phi) is 39.5. The van der Waals surface area contributed by atoms with Gasteiger partial charge >= 0.3 is 0 Å². The van der Waals surface area contributed by atoms with E-state index < -0.39 is 22.9 Å². The normalized spacial score (nSPS) is 13.5. The fourth-order valence-electron chi connectivity index (χ4n) is 7.29. The molecule has 9 amide bonds. The Morgan fingerprint density at radius 3 is 1.11 bits per heavy atom. The third kappa shape index (κ3) is 49.2. The van der Waals surface area contributed by atoms with Gasteiger partial charge in [0.25, 0.3) is 0 Å². The number of ether oxygens (including phenoxy) is 8.